The highest BCUT2D eigenvalue weighted by molar-refractivity contribution is 7.91. The molecule has 1 saturated heterocycles. The molecule has 2 atom stereocenters. The first-order valence-corrected chi connectivity index (χ1v) is 6.02. The van der Waals surface area contributed by atoms with Gasteiger partial charge in [-0.2, -0.15) is 0 Å². The molecule has 5 heteroatoms. The van der Waals surface area contributed by atoms with E-state index in [-0.39, 0.29) is 6.04 Å². The van der Waals surface area contributed by atoms with Gasteiger partial charge >= 0.3 is 0 Å². The van der Waals surface area contributed by atoms with Gasteiger partial charge in [-0.3, -0.25) is 11.3 Å². The van der Waals surface area contributed by atoms with Crippen molar-refractivity contribution in [2.75, 3.05) is 11.5 Å². The number of sulfone groups is 1. The van der Waals surface area contributed by atoms with Crippen molar-refractivity contribution in [3.05, 3.63) is 0 Å². The summed E-state index contributed by atoms with van der Waals surface area (Å²) in [5, 5.41) is 0. The van der Waals surface area contributed by atoms with Crippen LogP contribution in [0.25, 0.3) is 0 Å². The van der Waals surface area contributed by atoms with E-state index in [9.17, 15) is 8.42 Å². The van der Waals surface area contributed by atoms with Gasteiger partial charge in [0.25, 0.3) is 0 Å². The van der Waals surface area contributed by atoms with Crippen molar-refractivity contribution in [1.29, 1.82) is 0 Å². The molecule has 0 bridgehead atoms. The highest BCUT2D eigenvalue weighted by Crippen LogP contribution is 2.22. The average Bonchev–Trinajstić information content (AvgIpc) is 2.30. The molecule has 0 saturated carbocycles. The van der Waals surface area contributed by atoms with E-state index in [2.05, 4.69) is 5.43 Å². The second kappa shape index (κ2) is 3.72. The van der Waals surface area contributed by atoms with Gasteiger partial charge in [-0.15, -0.1) is 0 Å². The summed E-state index contributed by atoms with van der Waals surface area (Å²) in [6.07, 6.45) is 1.66. The normalized spacial score (nSPS) is 30.3. The maximum absolute atomic E-state index is 11.1. The van der Waals surface area contributed by atoms with Crippen molar-refractivity contribution < 1.29 is 8.42 Å². The lowest BCUT2D eigenvalue weighted by atomic mass is 10.0. The Bertz CT molecular complexity index is 238. The van der Waals surface area contributed by atoms with Crippen molar-refractivity contribution in [3.8, 4) is 0 Å². The van der Waals surface area contributed by atoms with Gasteiger partial charge in [-0.25, -0.2) is 8.42 Å². The summed E-state index contributed by atoms with van der Waals surface area (Å²) in [5.74, 6) is 6.23. The van der Waals surface area contributed by atoms with E-state index in [0.29, 0.717) is 17.4 Å². The van der Waals surface area contributed by atoms with Gasteiger partial charge < -0.3 is 0 Å². The van der Waals surface area contributed by atoms with Gasteiger partial charge in [0.2, 0.25) is 0 Å². The van der Waals surface area contributed by atoms with Gasteiger partial charge in [0.15, 0.2) is 9.84 Å². The van der Waals surface area contributed by atoms with Crippen molar-refractivity contribution in [2.24, 2.45) is 11.8 Å². The van der Waals surface area contributed by atoms with E-state index in [0.717, 1.165) is 12.8 Å². The number of nitrogens with one attached hydrogen (secondary N) is 1. The van der Waals surface area contributed by atoms with Crippen LogP contribution >= 0.6 is 0 Å². The molecule has 1 fully saturated rings. The molecular weight excluding hydrogens is 176 g/mol. The Morgan fingerprint density at radius 2 is 2.33 bits per heavy atom. The molecule has 1 rings (SSSR count). The van der Waals surface area contributed by atoms with Crippen molar-refractivity contribution >= 4 is 9.84 Å². The van der Waals surface area contributed by atoms with E-state index in [1.165, 1.54) is 0 Å². The second-order valence-corrected chi connectivity index (χ2v) is 5.80. The van der Waals surface area contributed by atoms with Crippen LogP contribution < -0.4 is 11.3 Å². The van der Waals surface area contributed by atoms with E-state index >= 15 is 0 Å². The van der Waals surface area contributed by atoms with Gasteiger partial charge in [0.1, 0.15) is 0 Å². The molecule has 4 nitrogen and oxygen atoms in total. The zero-order valence-corrected chi connectivity index (χ0v) is 8.10. The summed E-state index contributed by atoms with van der Waals surface area (Å²) < 4.78 is 22.1. The number of nitrogens with two attached hydrogens (primary N) is 1. The third-order valence-electron chi connectivity index (χ3n) is 2.30. The molecule has 0 radical (unpaired) electrons. The molecule has 2 unspecified atom stereocenters. The molecule has 0 aromatic carbocycles. The molecular formula is C7H16N2O2S. The fourth-order valence-corrected chi connectivity index (χ4v) is 3.51. The fourth-order valence-electron chi connectivity index (χ4n) is 1.63. The molecule has 3 N–H and O–H groups in total. The number of rotatable bonds is 3. The molecule has 0 amide bonds. The van der Waals surface area contributed by atoms with Crippen LogP contribution in [0.15, 0.2) is 0 Å². The van der Waals surface area contributed by atoms with Crippen LogP contribution in [0.4, 0.5) is 0 Å². The highest BCUT2D eigenvalue weighted by atomic mass is 32.2. The summed E-state index contributed by atoms with van der Waals surface area (Å²) >= 11 is 0. The van der Waals surface area contributed by atoms with Crippen LogP contribution in [-0.2, 0) is 9.84 Å². The first-order chi connectivity index (χ1) is 5.53. The van der Waals surface area contributed by atoms with Gasteiger partial charge in [0, 0.05) is 6.04 Å². The van der Waals surface area contributed by atoms with Gasteiger partial charge in [0.05, 0.1) is 11.5 Å². The lowest BCUT2D eigenvalue weighted by molar-refractivity contribution is 0.433. The Morgan fingerprint density at radius 3 is 2.75 bits per heavy atom. The van der Waals surface area contributed by atoms with Crippen LogP contribution in [0.3, 0.4) is 0 Å². The van der Waals surface area contributed by atoms with E-state index in [4.69, 9.17) is 5.84 Å². The van der Waals surface area contributed by atoms with Gasteiger partial charge in [-0.1, -0.05) is 0 Å². The Balaban J connectivity index is 2.38. The Labute approximate surface area is 73.4 Å². The van der Waals surface area contributed by atoms with Crippen LogP contribution in [0, 0.1) is 5.92 Å². The minimum atomic E-state index is -2.72. The van der Waals surface area contributed by atoms with Crippen LogP contribution in [-0.4, -0.2) is 26.0 Å². The first kappa shape index (κ1) is 9.95. The zero-order valence-electron chi connectivity index (χ0n) is 7.29. The summed E-state index contributed by atoms with van der Waals surface area (Å²) in [7, 11) is -2.72. The summed E-state index contributed by atoms with van der Waals surface area (Å²) in [5.41, 5.74) is 2.62. The minimum absolute atomic E-state index is 0.211. The monoisotopic (exact) mass is 192 g/mol. The molecule has 1 aliphatic heterocycles. The lowest BCUT2D eigenvalue weighted by Gasteiger charge is -2.13. The molecule has 1 aliphatic rings. The van der Waals surface area contributed by atoms with E-state index in [1.807, 2.05) is 6.92 Å². The third-order valence-corrected chi connectivity index (χ3v) is 4.14. The highest BCUT2D eigenvalue weighted by Gasteiger charge is 2.28. The number of hydrazine groups is 1. The van der Waals surface area contributed by atoms with Crippen LogP contribution in [0.1, 0.15) is 19.8 Å². The predicted octanol–water partition coefficient (Wildman–Crippen LogP) is -0.337. The Kier molecular flexibility index (Phi) is 3.09. The molecule has 0 aromatic rings. The average molecular weight is 192 g/mol. The number of hydrogen-bond acceptors (Lipinski definition) is 4. The number of hydrogen-bond donors (Lipinski definition) is 2. The van der Waals surface area contributed by atoms with E-state index in [1.54, 1.807) is 0 Å². The lowest BCUT2D eigenvalue weighted by Crippen LogP contribution is -2.34. The standard InChI is InChI=1S/C7H16N2O2S/c1-6(9-8)4-7-2-3-12(10,11)5-7/h6-7,9H,2-5,8H2,1H3. The zero-order chi connectivity index (χ0) is 9.19. The molecule has 1 heterocycles. The maximum atomic E-state index is 11.1. The summed E-state index contributed by atoms with van der Waals surface area (Å²) in [4.78, 5) is 0. The Morgan fingerprint density at radius 1 is 1.67 bits per heavy atom. The van der Waals surface area contributed by atoms with Crippen molar-refractivity contribution in [1.82, 2.24) is 5.43 Å². The third kappa shape index (κ3) is 2.73. The largest absolute Gasteiger partial charge is 0.271 e. The maximum Gasteiger partial charge on any atom is 0.150 e. The van der Waals surface area contributed by atoms with Crippen molar-refractivity contribution in [2.45, 2.75) is 25.8 Å². The fraction of sp³-hybridized carbons (Fsp3) is 1.00. The second-order valence-electron chi connectivity index (χ2n) is 3.57. The SMILES string of the molecule is CC(CC1CCS(=O)(=O)C1)NN. The quantitative estimate of drug-likeness (QED) is 0.474. The van der Waals surface area contributed by atoms with Gasteiger partial charge in [-0.05, 0) is 25.7 Å². The first-order valence-electron chi connectivity index (χ1n) is 4.20. The van der Waals surface area contributed by atoms with Crippen molar-refractivity contribution in [3.63, 3.8) is 0 Å². The smallest absolute Gasteiger partial charge is 0.150 e. The predicted molar refractivity (Wildman–Crippen MR) is 48.2 cm³/mol. The molecule has 0 aromatic heterocycles. The van der Waals surface area contributed by atoms with Crippen LogP contribution in [0.2, 0.25) is 0 Å². The topological polar surface area (TPSA) is 72.2 Å². The molecule has 12 heavy (non-hydrogen) atoms. The minimum Gasteiger partial charge on any atom is -0.271 e. The van der Waals surface area contributed by atoms with E-state index < -0.39 is 9.84 Å². The molecule has 72 valence electrons. The molecule has 0 aliphatic carbocycles. The van der Waals surface area contributed by atoms with Crippen LogP contribution in [0.5, 0.6) is 0 Å². The summed E-state index contributed by atoms with van der Waals surface area (Å²) in [6, 6.07) is 0.211. The molecule has 0 spiro atoms. The Hall–Kier alpha value is -0.130. The summed E-state index contributed by atoms with van der Waals surface area (Å²) in [6.45, 7) is 1.96.